The van der Waals surface area contributed by atoms with Crippen LogP contribution in [0.15, 0.2) is 24.3 Å². The summed E-state index contributed by atoms with van der Waals surface area (Å²) in [5.41, 5.74) is 1.73. The molecular formula is C13H17NO3. The van der Waals surface area contributed by atoms with Crippen molar-refractivity contribution >= 4 is 11.7 Å². The molecule has 0 spiro atoms. The molecule has 17 heavy (non-hydrogen) atoms. The number of aliphatic hydroxyl groups excluding tert-OH is 1. The highest BCUT2D eigenvalue weighted by Gasteiger charge is 2.08. The van der Waals surface area contributed by atoms with Gasteiger partial charge >= 0.3 is 0 Å². The van der Waals surface area contributed by atoms with Gasteiger partial charge in [-0.1, -0.05) is 29.8 Å². The average molecular weight is 235 g/mol. The Bertz CT molecular complexity index is 384. The number of nitrogens with one attached hydrogen (secondary N) is 1. The number of benzene rings is 1. The third kappa shape index (κ3) is 4.78. The van der Waals surface area contributed by atoms with Gasteiger partial charge in [-0.25, -0.2) is 0 Å². The highest BCUT2D eigenvalue weighted by molar-refractivity contribution is 5.97. The minimum Gasteiger partial charge on any atom is -0.395 e. The number of Topliss-reactive ketones (excluding diaryl/α,β-unsaturated/α-hetero) is 1. The lowest BCUT2D eigenvalue weighted by atomic mass is 10.1. The molecule has 0 radical (unpaired) electrons. The predicted molar refractivity (Wildman–Crippen MR) is 64.8 cm³/mol. The number of aliphatic hydroxyl groups is 1. The quantitative estimate of drug-likeness (QED) is 0.725. The standard InChI is InChI=1S/C13H17NO3/c1-10-2-4-11(5-3-10)12(16)6-7-13(17)14-8-9-15/h2-5,15H,6-9H2,1H3,(H,14,17). The van der Waals surface area contributed by atoms with Gasteiger partial charge in [0.25, 0.3) is 0 Å². The molecule has 0 aliphatic heterocycles. The summed E-state index contributed by atoms with van der Waals surface area (Å²) in [7, 11) is 0. The summed E-state index contributed by atoms with van der Waals surface area (Å²) in [6, 6.07) is 7.28. The number of hydrogen-bond donors (Lipinski definition) is 2. The van der Waals surface area contributed by atoms with E-state index in [2.05, 4.69) is 5.32 Å². The number of ketones is 1. The van der Waals surface area contributed by atoms with Crippen LogP contribution < -0.4 is 5.32 Å². The van der Waals surface area contributed by atoms with E-state index < -0.39 is 0 Å². The van der Waals surface area contributed by atoms with E-state index in [-0.39, 0.29) is 37.7 Å². The van der Waals surface area contributed by atoms with Gasteiger partial charge in [-0.3, -0.25) is 9.59 Å². The van der Waals surface area contributed by atoms with Crippen molar-refractivity contribution in [3.8, 4) is 0 Å². The first kappa shape index (κ1) is 13.4. The maximum absolute atomic E-state index is 11.7. The smallest absolute Gasteiger partial charge is 0.220 e. The Morgan fingerprint density at radius 2 is 1.82 bits per heavy atom. The van der Waals surface area contributed by atoms with Crippen molar-refractivity contribution in [3.05, 3.63) is 35.4 Å². The molecule has 1 aromatic carbocycles. The predicted octanol–water partition coefficient (Wildman–Crippen LogP) is 1.07. The fraction of sp³-hybridized carbons (Fsp3) is 0.385. The summed E-state index contributed by atoms with van der Waals surface area (Å²) in [5, 5.41) is 11.0. The number of hydrogen-bond acceptors (Lipinski definition) is 3. The molecule has 2 N–H and O–H groups in total. The molecule has 0 atom stereocenters. The number of carbonyl (C=O) groups is 2. The zero-order valence-corrected chi connectivity index (χ0v) is 9.90. The number of rotatable bonds is 6. The molecular weight excluding hydrogens is 218 g/mol. The van der Waals surface area contributed by atoms with Crippen molar-refractivity contribution in [3.63, 3.8) is 0 Å². The molecule has 0 unspecified atom stereocenters. The van der Waals surface area contributed by atoms with Gasteiger partial charge in [0, 0.05) is 24.9 Å². The van der Waals surface area contributed by atoms with Crippen LogP contribution in [0.4, 0.5) is 0 Å². The molecule has 4 heteroatoms. The minimum absolute atomic E-state index is 0.0378. The topological polar surface area (TPSA) is 66.4 Å². The van der Waals surface area contributed by atoms with Crippen molar-refractivity contribution in [2.45, 2.75) is 19.8 Å². The summed E-state index contributed by atoms with van der Waals surface area (Å²) < 4.78 is 0. The second kappa shape index (κ2) is 6.81. The van der Waals surface area contributed by atoms with Gasteiger partial charge < -0.3 is 10.4 Å². The molecule has 1 amide bonds. The van der Waals surface area contributed by atoms with Crippen molar-refractivity contribution in [2.24, 2.45) is 0 Å². The molecule has 1 rings (SSSR count). The Labute approximate surface area is 101 Å². The Hall–Kier alpha value is -1.68. The monoisotopic (exact) mass is 235 g/mol. The van der Waals surface area contributed by atoms with Crippen LogP contribution in [0, 0.1) is 6.92 Å². The molecule has 0 aliphatic carbocycles. The van der Waals surface area contributed by atoms with Crippen molar-refractivity contribution in [2.75, 3.05) is 13.2 Å². The lowest BCUT2D eigenvalue weighted by Crippen LogP contribution is -2.26. The van der Waals surface area contributed by atoms with Crippen LogP contribution in [-0.4, -0.2) is 29.9 Å². The molecule has 0 bridgehead atoms. The summed E-state index contributed by atoms with van der Waals surface area (Å²) in [6.07, 6.45) is 0.354. The van der Waals surface area contributed by atoms with E-state index in [9.17, 15) is 9.59 Å². The largest absolute Gasteiger partial charge is 0.395 e. The van der Waals surface area contributed by atoms with E-state index in [1.54, 1.807) is 12.1 Å². The molecule has 1 aromatic rings. The highest BCUT2D eigenvalue weighted by Crippen LogP contribution is 2.07. The third-order valence-corrected chi connectivity index (χ3v) is 2.39. The van der Waals surface area contributed by atoms with Crippen LogP contribution in [-0.2, 0) is 4.79 Å². The van der Waals surface area contributed by atoms with Crippen molar-refractivity contribution in [1.82, 2.24) is 5.32 Å². The van der Waals surface area contributed by atoms with E-state index in [0.29, 0.717) is 5.56 Å². The van der Waals surface area contributed by atoms with Crippen LogP contribution in [0.2, 0.25) is 0 Å². The van der Waals surface area contributed by atoms with Gasteiger partial charge in [0.1, 0.15) is 0 Å². The van der Waals surface area contributed by atoms with Crippen LogP contribution >= 0.6 is 0 Å². The fourth-order valence-electron chi connectivity index (χ4n) is 1.39. The molecule has 92 valence electrons. The van der Waals surface area contributed by atoms with E-state index in [0.717, 1.165) is 5.56 Å². The lowest BCUT2D eigenvalue weighted by Gasteiger charge is -2.03. The zero-order chi connectivity index (χ0) is 12.7. The second-order valence-corrected chi connectivity index (χ2v) is 3.86. The first-order valence-electron chi connectivity index (χ1n) is 5.61. The molecule has 0 saturated carbocycles. The van der Waals surface area contributed by atoms with Gasteiger partial charge in [-0.05, 0) is 6.92 Å². The first-order valence-corrected chi connectivity index (χ1v) is 5.61. The van der Waals surface area contributed by atoms with Gasteiger partial charge in [-0.2, -0.15) is 0 Å². The Morgan fingerprint density at radius 1 is 1.18 bits per heavy atom. The SMILES string of the molecule is Cc1ccc(C(=O)CCC(=O)NCCO)cc1. The van der Waals surface area contributed by atoms with E-state index in [1.807, 2.05) is 19.1 Å². The van der Waals surface area contributed by atoms with Crippen LogP contribution in [0.25, 0.3) is 0 Å². The first-order chi connectivity index (χ1) is 8.13. The minimum atomic E-state index is -0.209. The molecule has 0 heterocycles. The van der Waals surface area contributed by atoms with E-state index >= 15 is 0 Å². The fourth-order valence-corrected chi connectivity index (χ4v) is 1.39. The number of amides is 1. The molecule has 4 nitrogen and oxygen atoms in total. The van der Waals surface area contributed by atoms with E-state index in [4.69, 9.17) is 5.11 Å². The third-order valence-electron chi connectivity index (χ3n) is 2.39. The van der Waals surface area contributed by atoms with Gasteiger partial charge in [0.05, 0.1) is 6.61 Å². The number of carbonyl (C=O) groups excluding carboxylic acids is 2. The average Bonchev–Trinajstić information content (AvgIpc) is 2.34. The zero-order valence-electron chi connectivity index (χ0n) is 9.90. The maximum atomic E-state index is 11.7. The van der Waals surface area contributed by atoms with Gasteiger partial charge in [-0.15, -0.1) is 0 Å². The Kier molecular flexibility index (Phi) is 5.36. The van der Waals surface area contributed by atoms with Crippen LogP contribution in [0.3, 0.4) is 0 Å². The van der Waals surface area contributed by atoms with Crippen LogP contribution in [0.5, 0.6) is 0 Å². The lowest BCUT2D eigenvalue weighted by molar-refractivity contribution is -0.121. The Morgan fingerprint density at radius 3 is 2.41 bits per heavy atom. The second-order valence-electron chi connectivity index (χ2n) is 3.86. The van der Waals surface area contributed by atoms with Crippen LogP contribution in [0.1, 0.15) is 28.8 Å². The van der Waals surface area contributed by atoms with Gasteiger partial charge in [0.15, 0.2) is 5.78 Å². The summed E-state index contributed by atoms with van der Waals surface area (Å²) >= 11 is 0. The summed E-state index contributed by atoms with van der Waals surface area (Å²) in [4.78, 5) is 22.9. The molecule has 0 aliphatic rings. The molecule has 0 aromatic heterocycles. The number of aryl methyl sites for hydroxylation is 1. The summed E-state index contributed by atoms with van der Waals surface area (Å²) in [6.45, 7) is 2.10. The van der Waals surface area contributed by atoms with Crippen molar-refractivity contribution in [1.29, 1.82) is 0 Å². The van der Waals surface area contributed by atoms with Crippen molar-refractivity contribution < 1.29 is 14.7 Å². The summed E-state index contributed by atoms with van der Waals surface area (Å²) in [5.74, 6) is -0.247. The highest BCUT2D eigenvalue weighted by atomic mass is 16.3. The molecule has 0 saturated heterocycles. The normalized spacial score (nSPS) is 10.0. The maximum Gasteiger partial charge on any atom is 0.220 e. The van der Waals surface area contributed by atoms with E-state index in [1.165, 1.54) is 0 Å². The molecule has 0 fully saturated rings. The van der Waals surface area contributed by atoms with Gasteiger partial charge in [0.2, 0.25) is 5.91 Å². The Balaban J connectivity index is 2.39.